The van der Waals surface area contributed by atoms with Gasteiger partial charge in [-0.2, -0.15) is 0 Å². The zero-order chi connectivity index (χ0) is 24.4. The lowest BCUT2D eigenvalue weighted by Gasteiger charge is -2.31. The van der Waals surface area contributed by atoms with Crippen molar-refractivity contribution >= 4 is 23.6 Å². The van der Waals surface area contributed by atoms with E-state index in [-0.39, 0.29) is 17.9 Å². The van der Waals surface area contributed by atoms with E-state index in [1.165, 1.54) is 16.7 Å². The number of hydrogen-bond acceptors (Lipinski definition) is 4. The van der Waals surface area contributed by atoms with Crippen LogP contribution in [-0.2, 0) is 21.9 Å². The van der Waals surface area contributed by atoms with Gasteiger partial charge in [0.15, 0.2) is 0 Å². The molecule has 0 aromatic heterocycles. The molecule has 6 heteroatoms. The molecule has 0 saturated heterocycles. The molecule has 0 aliphatic heterocycles. The van der Waals surface area contributed by atoms with Crippen LogP contribution in [0.2, 0.25) is 0 Å². The first-order valence-electron chi connectivity index (χ1n) is 11.6. The summed E-state index contributed by atoms with van der Waals surface area (Å²) in [6.07, 6.45) is 1.41. The van der Waals surface area contributed by atoms with E-state index in [1.807, 2.05) is 45.0 Å². The Balaban J connectivity index is 2.15. The molecule has 0 saturated carbocycles. The zero-order valence-corrected chi connectivity index (χ0v) is 21.6. The van der Waals surface area contributed by atoms with E-state index >= 15 is 0 Å². The molecule has 0 bridgehead atoms. The summed E-state index contributed by atoms with van der Waals surface area (Å²) in [6.45, 7) is 10.5. The third-order valence-electron chi connectivity index (χ3n) is 5.67. The predicted molar refractivity (Wildman–Crippen MR) is 138 cm³/mol. The summed E-state index contributed by atoms with van der Waals surface area (Å²) in [5, 5.41) is 3.05. The zero-order valence-electron chi connectivity index (χ0n) is 20.8. The lowest BCUT2D eigenvalue weighted by molar-refractivity contribution is -0.139. The van der Waals surface area contributed by atoms with Crippen molar-refractivity contribution in [1.82, 2.24) is 10.2 Å². The highest BCUT2D eigenvalue weighted by Gasteiger charge is 2.29. The molecule has 180 valence electrons. The molecule has 0 fully saturated rings. The number of rotatable bonds is 12. The molecule has 33 heavy (non-hydrogen) atoms. The fourth-order valence-electron chi connectivity index (χ4n) is 3.78. The van der Waals surface area contributed by atoms with Crippen LogP contribution in [-0.4, -0.2) is 41.7 Å². The van der Waals surface area contributed by atoms with Crippen molar-refractivity contribution in [3.05, 3.63) is 64.7 Å². The number of amides is 2. The van der Waals surface area contributed by atoms with Crippen LogP contribution in [0.1, 0.15) is 55.9 Å². The Kier molecular flexibility index (Phi) is 10.8. The largest absolute Gasteiger partial charge is 0.497 e. The predicted octanol–water partition coefficient (Wildman–Crippen LogP) is 5.27. The Morgan fingerprint density at radius 1 is 1.00 bits per heavy atom. The minimum atomic E-state index is -0.504. The number of nitrogens with zero attached hydrogens (tertiary/aromatic N) is 1. The minimum Gasteiger partial charge on any atom is -0.497 e. The number of carbonyl (C=O) groups is 2. The fraction of sp³-hybridized carbons (Fsp3) is 0.481. The Morgan fingerprint density at radius 2 is 1.64 bits per heavy atom. The van der Waals surface area contributed by atoms with Crippen molar-refractivity contribution in [1.29, 1.82) is 0 Å². The average molecular weight is 471 g/mol. The SMILES string of the molecule is CC[C@H](C(=O)N[C@@H](C)CC)N(Cc1ccc(OC)cc1)C(=O)CSCc1cc(C)cc(C)c1. The van der Waals surface area contributed by atoms with Gasteiger partial charge in [-0.3, -0.25) is 9.59 Å². The van der Waals surface area contributed by atoms with Gasteiger partial charge >= 0.3 is 0 Å². The second-order valence-corrected chi connectivity index (χ2v) is 9.59. The maximum Gasteiger partial charge on any atom is 0.243 e. The van der Waals surface area contributed by atoms with E-state index in [1.54, 1.807) is 23.8 Å². The normalized spacial score (nSPS) is 12.7. The van der Waals surface area contributed by atoms with Gasteiger partial charge in [-0.05, 0) is 56.9 Å². The van der Waals surface area contributed by atoms with E-state index in [0.29, 0.717) is 18.7 Å². The van der Waals surface area contributed by atoms with Crippen LogP contribution in [0.3, 0.4) is 0 Å². The fourth-order valence-corrected chi connectivity index (χ4v) is 4.62. The average Bonchev–Trinajstić information content (AvgIpc) is 2.78. The minimum absolute atomic E-state index is 0.0219. The second kappa shape index (κ2) is 13.3. The van der Waals surface area contributed by atoms with Gasteiger partial charge < -0.3 is 15.0 Å². The van der Waals surface area contributed by atoms with Crippen molar-refractivity contribution in [2.75, 3.05) is 12.9 Å². The molecule has 0 unspecified atom stereocenters. The van der Waals surface area contributed by atoms with E-state index in [0.717, 1.165) is 23.5 Å². The number of aryl methyl sites for hydroxylation is 2. The van der Waals surface area contributed by atoms with Gasteiger partial charge in [0.2, 0.25) is 11.8 Å². The van der Waals surface area contributed by atoms with E-state index in [9.17, 15) is 9.59 Å². The van der Waals surface area contributed by atoms with Gasteiger partial charge in [0.25, 0.3) is 0 Å². The van der Waals surface area contributed by atoms with Gasteiger partial charge in [0.05, 0.1) is 12.9 Å². The standard InChI is InChI=1S/C27H38N2O3S/c1-7-21(5)28-27(31)25(8-2)29(16-22-9-11-24(32-6)12-10-22)26(30)18-33-17-23-14-19(3)13-20(4)15-23/h9-15,21,25H,7-8,16-18H2,1-6H3,(H,28,31)/t21-,25+/m0/s1. The van der Waals surface area contributed by atoms with Crippen LogP contribution < -0.4 is 10.1 Å². The third-order valence-corrected chi connectivity index (χ3v) is 6.66. The lowest BCUT2D eigenvalue weighted by Crippen LogP contribution is -2.51. The Hall–Kier alpha value is -2.47. The van der Waals surface area contributed by atoms with Crippen molar-refractivity contribution in [3.8, 4) is 5.75 Å². The van der Waals surface area contributed by atoms with Gasteiger partial charge in [-0.1, -0.05) is 55.3 Å². The van der Waals surface area contributed by atoms with E-state index < -0.39 is 6.04 Å². The van der Waals surface area contributed by atoms with Crippen LogP contribution in [0.25, 0.3) is 0 Å². The van der Waals surface area contributed by atoms with Crippen molar-refractivity contribution in [3.63, 3.8) is 0 Å². The highest BCUT2D eigenvalue weighted by atomic mass is 32.2. The molecular formula is C27H38N2O3S. The number of thioether (sulfide) groups is 1. The maximum absolute atomic E-state index is 13.4. The molecule has 2 aromatic rings. The van der Waals surface area contributed by atoms with Crippen LogP contribution in [0.15, 0.2) is 42.5 Å². The monoisotopic (exact) mass is 470 g/mol. The molecule has 0 radical (unpaired) electrons. The summed E-state index contributed by atoms with van der Waals surface area (Å²) in [5.74, 6) is 1.75. The van der Waals surface area contributed by atoms with Crippen LogP contribution in [0, 0.1) is 13.8 Å². The molecule has 2 atom stereocenters. The molecule has 2 rings (SSSR count). The second-order valence-electron chi connectivity index (χ2n) is 8.60. The molecule has 2 aromatic carbocycles. The maximum atomic E-state index is 13.4. The molecule has 2 amide bonds. The number of carbonyl (C=O) groups excluding carboxylic acids is 2. The van der Waals surface area contributed by atoms with Gasteiger partial charge in [-0.25, -0.2) is 0 Å². The van der Waals surface area contributed by atoms with Crippen molar-refractivity contribution in [2.45, 2.75) is 71.8 Å². The highest BCUT2D eigenvalue weighted by molar-refractivity contribution is 7.99. The first-order chi connectivity index (χ1) is 15.8. The molecule has 0 aliphatic rings. The molecule has 1 N–H and O–H groups in total. The summed E-state index contributed by atoms with van der Waals surface area (Å²) in [6, 6.07) is 13.7. The van der Waals surface area contributed by atoms with Crippen molar-refractivity contribution < 1.29 is 14.3 Å². The van der Waals surface area contributed by atoms with Gasteiger partial charge in [-0.15, -0.1) is 11.8 Å². The lowest BCUT2D eigenvalue weighted by atomic mass is 10.1. The number of methoxy groups -OCH3 is 1. The Labute approximate surface area is 203 Å². The van der Waals surface area contributed by atoms with Crippen molar-refractivity contribution in [2.24, 2.45) is 0 Å². The Morgan fingerprint density at radius 3 is 2.18 bits per heavy atom. The summed E-state index contributed by atoms with van der Waals surface area (Å²) >= 11 is 1.59. The molecule has 0 heterocycles. The summed E-state index contributed by atoms with van der Waals surface area (Å²) in [7, 11) is 1.63. The van der Waals surface area contributed by atoms with E-state index in [2.05, 4.69) is 37.4 Å². The smallest absolute Gasteiger partial charge is 0.243 e. The van der Waals surface area contributed by atoms with Gasteiger partial charge in [0, 0.05) is 18.3 Å². The first-order valence-corrected chi connectivity index (χ1v) is 12.8. The first kappa shape index (κ1) is 26.8. The highest BCUT2D eigenvalue weighted by Crippen LogP contribution is 2.20. The van der Waals surface area contributed by atoms with Crippen LogP contribution in [0.4, 0.5) is 0 Å². The molecule has 0 aliphatic carbocycles. The Bertz CT molecular complexity index is 894. The molecule has 0 spiro atoms. The quantitative estimate of drug-likeness (QED) is 0.459. The molecule has 5 nitrogen and oxygen atoms in total. The number of ether oxygens (including phenoxy) is 1. The van der Waals surface area contributed by atoms with Gasteiger partial charge in [0.1, 0.15) is 11.8 Å². The van der Waals surface area contributed by atoms with E-state index in [4.69, 9.17) is 4.74 Å². The summed E-state index contributed by atoms with van der Waals surface area (Å²) < 4.78 is 5.25. The number of benzene rings is 2. The number of nitrogens with one attached hydrogen (secondary N) is 1. The third kappa shape index (κ3) is 8.43. The molecular weight excluding hydrogens is 432 g/mol. The van der Waals surface area contributed by atoms with Crippen LogP contribution in [0.5, 0.6) is 5.75 Å². The summed E-state index contributed by atoms with van der Waals surface area (Å²) in [4.78, 5) is 28.1. The van der Waals surface area contributed by atoms with Crippen LogP contribution >= 0.6 is 11.8 Å². The number of hydrogen-bond donors (Lipinski definition) is 1. The summed E-state index contributed by atoms with van der Waals surface area (Å²) in [5.41, 5.74) is 4.64. The topological polar surface area (TPSA) is 58.6 Å².